The van der Waals surface area contributed by atoms with Crippen LogP contribution in [0.25, 0.3) is 10.9 Å². The van der Waals surface area contributed by atoms with E-state index in [1.54, 1.807) is 0 Å². The Labute approximate surface area is 96.1 Å². The lowest BCUT2D eigenvalue weighted by Crippen LogP contribution is -2.47. The Bertz CT molecular complexity index is 494. The monoisotopic (exact) mass is 214 g/mol. The molecule has 1 saturated carbocycles. The van der Waals surface area contributed by atoms with Crippen LogP contribution >= 0.6 is 0 Å². The van der Waals surface area contributed by atoms with E-state index in [0.29, 0.717) is 5.54 Å². The van der Waals surface area contributed by atoms with E-state index in [4.69, 9.17) is 0 Å². The molecule has 1 aliphatic rings. The fourth-order valence-corrected chi connectivity index (χ4v) is 2.47. The number of rotatable bonds is 3. The molecule has 1 aromatic carbocycles. The molecule has 0 amide bonds. The van der Waals surface area contributed by atoms with Crippen LogP contribution in [-0.2, 0) is 6.54 Å². The summed E-state index contributed by atoms with van der Waals surface area (Å²) in [5.41, 5.74) is 3.00. The third-order valence-electron chi connectivity index (χ3n) is 3.84. The van der Waals surface area contributed by atoms with Gasteiger partial charge in [-0.3, -0.25) is 0 Å². The van der Waals surface area contributed by atoms with Gasteiger partial charge in [0.1, 0.15) is 0 Å². The standard InChI is InChI=1S/C14H18N2/c1-14(7-4-8-14)16-10-11-9-15-13-6-3-2-5-12(11)13/h2-3,5-6,9,15-16H,4,7-8,10H2,1H3. The first-order valence-electron chi connectivity index (χ1n) is 6.07. The lowest BCUT2D eigenvalue weighted by molar-refractivity contribution is 0.207. The van der Waals surface area contributed by atoms with Crippen molar-refractivity contribution in [3.05, 3.63) is 36.0 Å². The summed E-state index contributed by atoms with van der Waals surface area (Å²) < 4.78 is 0. The van der Waals surface area contributed by atoms with Crippen LogP contribution < -0.4 is 5.32 Å². The second-order valence-corrected chi connectivity index (χ2v) is 5.13. The molecular weight excluding hydrogens is 196 g/mol. The first-order chi connectivity index (χ1) is 7.77. The van der Waals surface area contributed by atoms with Crippen LogP contribution in [0.4, 0.5) is 0 Å². The third kappa shape index (κ3) is 1.63. The van der Waals surface area contributed by atoms with Crippen molar-refractivity contribution in [2.45, 2.75) is 38.3 Å². The van der Waals surface area contributed by atoms with E-state index in [0.717, 1.165) is 6.54 Å². The molecule has 3 rings (SSSR count). The highest BCUT2D eigenvalue weighted by molar-refractivity contribution is 5.82. The van der Waals surface area contributed by atoms with Crippen molar-refractivity contribution in [2.75, 3.05) is 0 Å². The van der Waals surface area contributed by atoms with E-state index in [-0.39, 0.29) is 0 Å². The van der Waals surface area contributed by atoms with Crippen molar-refractivity contribution in [2.24, 2.45) is 0 Å². The van der Waals surface area contributed by atoms with E-state index in [1.165, 1.54) is 35.7 Å². The second-order valence-electron chi connectivity index (χ2n) is 5.13. The Morgan fingerprint density at radius 3 is 2.88 bits per heavy atom. The molecule has 2 N–H and O–H groups in total. The zero-order valence-electron chi connectivity index (χ0n) is 9.72. The van der Waals surface area contributed by atoms with Crippen molar-refractivity contribution in [3.8, 4) is 0 Å². The van der Waals surface area contributed by atoms with Gasteiger partial charge in [-0.1, -0.05) is 18.2 Å². The Kier molecular flexibility index (Phi) is 2.25. The first-order valence-corrected chi connectivity index (χ1v) is 6.07. The third-order valence-corrected chi connectivity index (χ3v) is 3.84. The molecule has 2 heteroatoms. The number of nitrogens with one attached hydrogen (secondary N) is 2. The molecule has 16 heavy (non-hydrogen) atoms. The summed E-state index contributed by atoms with van der Waals surface area (Å²) in [5, 5.41) is 5.02. The van der Waals surface area contributed by atoms with Gasteiger partial charge in [-0.05, 0) is 37.8 Å². The van der Waals surface area contributed by atoms with Gasteiger partial charge in [-0.2, -0.15) is 0 Å². The highest BCUT2D eigenvalue weighted by Gasteiger charge is 2.30. The number of hydrogen-bond donors (Lipinski definition) is 2. The van der Waals surface area contributed by atoms with E-state index in [1.807, 2.05) is 0 Å². The molecule has 0 aliphatic heterocycles. The fourth-order valence-electron chi connectivity index (χ4n) is 2.47. The van der Waals surface area contributed by atoms with E-state index in [2.05, 4.69) is 47.7 Å². The van der Waals surface area contributed by atoms with Gasteiger partial charge in [-0.15, -0.1) is 0 Å². The minimum Gasteiger partial charge on any atom is -0.361 e. The average molecular weight is 214 g/mol. The predicted molar refractivity (Wildman–Crippen MR) is 67.4 cm³/mol. The topological polar surface area (TPSA) is 27.8 Å². The van der Waals surface area contributed by atoms with E-state index in [9.17, 15) is 0 Å². The van der Waals surface area contributed by atoms with Gasteiger partial charge in [0.25, 0.3) is 0 Å². The Morgan fingerprint density at radius 1 is 1.31 bits per heavy atom. The normalized spacial score (nSPS) is 18.6. The molecule has 0 spiro atoms. The molecule has 1 fully saturated rings. The van der Waals surface area contributed by atoms with Gasteiger partial charge in [0.15, 0.2) is 0 Å². The maximum atomic E-state index is 3.67. The summed E-state index contributed by atoms with van der Waals surface area (Å²) in [6.07, 6.45) is 6.13. The zero-order chi connectivity index (χ0) is 11.0. The molecule has 0 radical (unpaired) electrons. The summed E-state index contributed by atoms with van der Waals surface area (Å²) in [7, 11) is 0. The van der Waals surface area contributed by atoms with Gasteiger partial charge in [0, 0.05) is 29.2 Å². The highest BCUT2D eigenvalue weighted by atomic mass is 15.0. The van der Waals surface area contributed by atoms with Gasteiger partial charge < -0.3 is 10.3 Å². The molecule has 2 aromatic rings. The summed E-state index contributed by atoms with van der Waals surface area (Å²) >= 11 is 0. The Hall–Kier alpha value is -1.28. The van der Waals surface area contributed by atoms with E-state index >= 15 is 0 Å². The fraction of sp³-hybridized carbons (Fsp3) is 0.429. The molecule has 1 aliphatic carbocycles. The number of aromatic nitrogens is 1. The number of fused-ring (bicyclic) bond motifs is 1. The number of hydrogen-bond acceptors (Lipinski definition) is 1. The van der Waals surface area contributed by atoms with Gasteiger partial charge >= 0.3 is 0 Å². The summed E-state index contributed by atoms with van der Waals surface area (Å²) in [5.74, 6) is 0. The quantitative estimate of drug-likeness (QED) is 0.806. The van der Waals surface area contributed by atoms with Crippen molar-refractivity contribution in [1.29, 1.82) is 0 Å². The van der Waals surface area contributed by atoms with Gasteiger partial charge in [0.2, 0.25) is 0 Å². The average Bonchev–Trinajstić information content (AvgIpc) is 2.67. The van der Waals surface area contributed by atoms with E-state index < -0.39 is 0 Å². The Morgan fingerprint density at radius 2 is 2.12 bits per heavy atom. The van der Waals surface area contributed by atoms with Gasteiger partial charge in [0.05, 0.1) is 0 Å². The van der Waals surface area contributed by atoms with Crippen molar-refractivity contribution in [3.63, 3.8) is 0 Å². The maximum absolute atomic E-state index is 3.67. The summed E-state index contributed by atoms with van der Waals surface area (Å²) in [4.78, 5) is 3.32. The van der Waals surface area contributed by atoms with Crippen LogP contribution in [0, 0.1) is 0 Å². The lowest BCUT2D eigenvalue weighted by atomic mass is 9.78. The Balaban J connectivity index is 1.79. The molecule has 0 unspecified atom stereocenters. The van der Waals surface area contributed by atoms with Crippen LogP contribution in [0.15, 0.2) is 30.5 Å². The van der Waals surface area contributed by atoms with Crippen LogP contribution in [0.3, 0.4) is 0 Å². The minimum absolute atomic E-state index is 0.387. The SMILES string of the molecule is CC1(NCc2c[nH]c3ccccc23)CCC1. The summed E-state index contributed by atoms with van der Waals surface area (Å²) in [6, 6.07) is 8.49. The maximum Gasteiger partial charge on any atom is 0.0457 e. The zero-order valence-corrected chi connectivity index (χ0v) is 9.72. The van der Waals surface area contributed by atoms with Crippen LogP contribution in [-0.4, -0.2) is 10.5 Å². The van der Waals surface area contributed by atoms with Crippen molar-refractivity contribution in [1.82, 2.24) is 10.3 Å². The van der Waals surface area contributed by atoms with Crippen molar-refractivity contribution >= 4 is 10.9 Å². The summed E-state index contributed by atoms with van der Waals surface area (Å²) in [6.45, 7) is 3.30. The number of H-pyrrole nitrogens is 1. The van der Waals surface area contributed by atoms with Crippen LogP contribution in [0.1, 0.15) is 31.7 Å². The van der Waals surface area contributed by atoms with Crippen molar-refractivity contribution < 1.29 is 0 Å². The van der Waals surface area contributed by atoms with Crippen LogP contribution in [0.2, 0.25) is 0 Å². The van der Waals surface area contributed by atoms with Crippen LogP contribution in [0.5, 0.6) is 0 Å². The van der Waals surface area contributed by atoms with Gasteiger partial charge in [-0.25, -0.2) is 0 Å². The number of benzene rings is 1. The second kappa shape index (κ2) is 3.63. The molecule has 0 saturated heterocycles. The minimum atomic E-state index is 0.387. The molecular formula is C14H18N2. The molecule has 1 aromatic heterocycles. The first kappa shape index (κ1) is 9.91. The lowest BCUT2D eigenvalue weighted by Gasteiger charge is -2.39. The number of para-hydroxylation sites is 1. The largest absolute Gasteiger partial charge is 0.361 e. The highest BCUT2D eigenvalue weighted by Crippen LogP contribution is 2.31. The molecule has 84 valence electrons. The molecule has 0 bridgehead atoms. The smallest absolute Gasteiger partial charge is 0.0457 e. The molecule has 1 heterocycles. The predicted octanol–water partition coefficient (Wildman–Crippen LogP) is 3.20. The number of aromatic amines is 1. The molecule has 2 nitrogen and oxygen atoms in total. The molecule has 0 atom stereocenters.